The van der Waals surface area contributed by atoms with Crippen molar-refractivity contribution in [2.24, 2.45) is 5.92 Å². The molecule has 2 aromatic carbocycles. The first-order valence-electron chi connectivity index (χ1n) is 10.3. The van der Waals surface area contributed by atoms with Crippen LogP contribution in [0.15, 0.2) is 48.5 Å². The van der Waals surface area contributed by atoms with E-state index in [9.17, 15) is 9.18 Å². The van der Waals surface area contributed by atoms with Crippen molar-refractivity contribution >= 4 is 11.6 Å². The predicted molar refractivity (Wildman–Crippen MR) is 109 cm³/mol. The molecule has 1 aliphatic heterocycles. The summed E-state index contributed by atoms with van der Waals surface area (Å²) in [6.07, 6.45) is 5.28. The molecule has 3 aromatic rings. The Morgan fingerprint density at radius 1 is 1.07 bits per heavy atom. The molecule has 1 saturated carbocycles. The lowest BCUT2D eigenvalue weighted by Gasteiger charge is -2.09. The van der Waals surface area contributed by atoms with Crippen LogP contribution in [-0.2, 0) is 17.8 Å². The van der Waals surface area contributed by atoms with Gasteiger partial charge in [-0.2, -0.15) is 0 Å². The molecule has 0 bridgehead atoms. The van der Waals surface area contributed by atoms with E-state index in [0.717, 1.165) is 60.7 Å². The van der Waals surface area contributed by atoms with Crippen molar-refractivity contribution in [2.75, 3.05) is 5.32 Å². The van der Waals surface area contributed by atoms with Crippen molar-refractivity contribution in [3.8, 4) is 11.4 Å². The summed E-state index contributed by atoms with van der Waals surface area (Å²) in [5, 5.41) is 11.8. The van der Waals surface area contributed by atoms with Gasteiger partial charge in [-0.05, 0) is 55.0 Å². The molecular weight excluding hydrogens is 367 g/mol. The second kappa shape index (κ2) is 7.43. The molecule has 0 radical (unpaired) electrons. The van der Waals surface area contributed by atoms with E-state index in [0.29, 0.717) is 0 Å². The van der Waals surface area contributed by atoms with Crippen molar-refractivity contribution in [3.63, 3.8) is 0 Å². The predicted octanol–water partition coefficient (Wildman–Crippen LogP) is 4.55. The highest BCUT2D eigenvalue weighted by atomic mass is 19.1. The Morgan fingerprint density at radius 3 is 2.79 bits per heavy atom. The molecule has 5 nitrogen and oxygen atoms in total. The zero-order valence-electron chi connectivity index (χ0n) is 16.1. The lowest BCUT2D eigenvalue weighted by molar-refractivity contribution is -0.117. The molecule has 1 N–H and O–H groups in total. The van der Waals surface area contributed by atoms with E-state index >= 15 is 0 Å². The monoisotopic (exact) mass is 390 g/mol. The number of aromatic nitrogens is 3. The van der Waals surface area contributed by atoms with E-state index in [2.05, 4.69) is 20.1 Å². The minimum Gasteiger partial charge on any atom is -0.326 e. The normalized spacial score (nSPS) is 20.6. The van der Waals surface area contributed by atoms with Crippen LogP contribution >= 0.6 is 0 Å². The fourth-order valence-electron chi connectivity index (χ4n) is 4.23. The van der Waals surface area contributed by atoms with Crippen LogP contribution in [0, 0.1) is 11.7 Å². The molecule has 6 heteroatoms. The molecule has 2 unspecified atom stereocenters. The third-order valence-electron chi connectivity index (χ3n) is 5.92. The van der Waals surface area contributed by atoms with Crippen LogP contribution in [0.3, 0.4) is 0 Å². The quantitative estimate of drug-likeness (QED) is 0.711. The largest absolute Gasteiger partial charge is 0.326 e. The zero-order chi connectivity index (χ0) is 19.8. The van der Waals surface area contributed by atoms with Crippen molar-refractivity contribution in [3.05, 3.63) is 65.7 Å². The van der Waals surface area contributed by atoms with Gasteiger partial charge in [0.15, 0.2) is 5.82 Å². The van der Waals surface area contributed by atoms with Crippen LogP contribution in [-0.4, -0.2) is 20.7 Å². The number of nitrogens with zero attached hydrogens (tertiary/aromatic N) is 3. The van der Waals surface area contributed by atoms with Crippen LogP contribution in [0.25, 0.3) is 11.4 Å². The van der Waals surface area contributed by atoms with E-state index < -0.39 is 0 Å². The Balaban J connectivity index is 1.30. The molecule has 148 valence electrons. The molecule has 5 rings (SSSR count). The van der Waals surface area contributed by atoms with E-state index in [1.54, 1.807) is 12.1 Å². The molecule has 2 atom stereocenters. The number of rotatable bonds is 4. The summed E-state index contributed by atoms with van der Waals surface area (Å²) < 4.78 is 15.3. The number of amides is 1. The fraction of sp³-hybridized carbons (Fsp3) is 0.348. The molecule has 2 heterocycles. The van der Waals surface area contributed by atoms with Gasteiger partial charge in [-0.3, -0.25) is 4.79 Å². The number of nitrogens with one attached hydrogen (secondary N) is 1. The highest BCUT2D eigenvalue weighted by Gasteiger charge is 2.43. The highest BCUT2D eigenvalue weighted by Crippen LogP contribution is 2.48. The molecule has 2 aliphatic rings. The van der Waals surface area contributed by atoms with E-state index in [1.165, 1.54) is 18.6 Å². The molecule has 29 heavy (non-hydrogen) atoms. The maximum absolute atomic E-state index is 13.1. The Bertz CT molecular complexity index is 1040. The summed E-state index contributed by atoms with van der Waals surface area (Å²) in [4.78, 5) is 12.7. The second-order valence-electron chi connectivity index (χ2n) is 7.97. The number of carbonyl (C=O) groups excluding carboxylic acids is 1. The van der Waals surface area contributed by atoms with Gasteiger partial charge < -0.3 is 9.88 Å². The Kier molecular flexibility index (Phi) is 4.62. The van der Waals surface area contributed by atoms with Gasteiger partial charge in [0.2, 0.25) is 5.91 Å². The molecule has 1 amide bonds. The minimum absolute atomic E-state index is 0.0107. The first kappa shape index (κ1) is 18.0. The SMILES string of the molecule is O=C(Nc1cccc(-c2nnc3n2CCCCC3)c1)C1CC1c1ccc(F)cc1. The van der Waals surface area contributed by atoms with E-state index in [4.69, 9.17) is 0 Å². The average Bonchev–Trinajstić information content (AvgIpc) is 3.48. The molecule has 1 aromatic heterocycles. The third kappa shape index (κ3) is 3.67. The van der Waals surface area contributed by atoms with Crippen LogP contribution in [0.2, 0.25) is 0 Å². The topological polar surface area (TPSA) is 59.8 Å². The van der Waals surface area contributed by atoms with Gasteiger partial charge in [-0.1, -0.05) is 30.7 Å². The Hall–Kier alpha value is -3.02. The summed E-state index contributed by atoms with van der Waals surface area (Å²) in [5.41, 5.74) is 2.75. The average molecular weight is 390 g/mol. The number of hydrogen-bond acceptors (Lipinski definition) is 3. The summed E-state index contributed by atoms with van der Waals surface area (Å²) in [5.74, 6) is 1.79. The van der Waals surface area contributed by atoms with Crippen LogP contribution in [0.4, 0.5) is 10.1 Å². The van der Waals surface area contributed by atoms with Gasteiger partial charge in [0.05, 0.1) is 0 Å². The zero-order valence-corrected chi connectivity index (χ0v) is 16.1. The maximum atomic E-state index is 13.1. The summed E-state index contributed by atoms with van der Waals surface area (Å²) in [6.45, 7) is 0.940. The lowest BCUT2D eigenvalue weighted by atomic mass is 10.1. The van der Waals surface area contributed by atoms with Crippen LogP contribution in [0.1, 0.15) is 43.0 Å². The molecule has 1 aliphatic carbocycles. The summed E-state index contributed by atoms with van der Waals surface area (Å²) in [7, 11) is 0. The van der Waals surface area contributed by atoms with Crippen LogP contribution in [0.5, 0.6) is 0 Å². The second-order valence-corrected chi connectivity index (χ2v) is 7.97. The molecule has 0 saturated heterocycles. The Morgan fingerprint density at radius 2 is 1.93 bits per heavy atom. The van der Waals surface area contributed by atoms with Gasteiger partial charge in [-0.25, -0.2) is 4.39 Å². The van der Waals surface area contributed by atoms with E-state index in [-0.39, 0.29) is 23.6 Å². The molecule has 0 spiro atoms. The van der Waals surface area contributed by atoms with Gasteiger partial charge in [-0.15, -0.1) is 10.2 Å². The maximum Gasteiger partial charge on any atom is 0.228 e. The summed E-state index contributed by atoms with van der Waals surface area (Å²) in [6, 6.07) is 14.3. The van der Waals surface area contributed by atoms with Crippen molar-refractivity contribution < 1.29 is 9.18 Å². The number of aryl methyl sites for hydroxylation is 1. The number of carbonyl (C=O) groups is 1. The van der Waals surface area contributed by atoms with Gasteiger partial charge >= 0.3 is 0 Å². The standard InChI is InChI=1S/C23H23FN4O/c24-17-10-8-15(9-11-17)19-14-20(19)23(29)25-18-6-4-5-16(13-18)22-27-26-21-7-2-1-3-12-28(21)22/h4-6,8-11,13,19-20H,1-3,7,12,14H2,(H,25,29). The highest BCUT2D eigenvalue weighted by molar-refractivity contribution is 5.95. The Labute approximate surface area is 169 Å². The van der Waals surface area contributed by atoms with Gasteiger partial charge in [0, 0.05) is 30.1 Å². The first-order valence-corrected chi connectivity index (χ1v) is 10.3. The smallest absolute Gasteiger partial charge is 0.228 e. The number of fused-ring (bicyclic) bond motifs is 1. The van der Waals surface area contributed by atoms with Crippen LogP contribution < -0.4 is 5.32 Å². The van der Waals surface area contributed by atoms with Crippen molar-refractivity contribution in [1.82, 2.24) is 14.8 Å². The minimum atomic E-state index is -0.251. The van der Waals surface area contributed by atoms with Gasteiger partial charge in [0.25, 0.3) is 0 Å². The van der Waals surface area contributed by atoms with Gasteiger partial charge in [0.1, 0.15) is 11.6 Å². The van der Waals surface area contributed by atoms with Crippen molar-refractivity contribution in [2.45, 2.75) is 44.6 Å². The van der Waals surface area contributed by atoms with E-state index in [1.807, 2.05) is 24.3 Å². The summed E-state index contributed by atoms with van der Waals surface area (Å²) >= 11 is 0. The number of halogens is 1. The number of hydrogen-bond donors (Lipinski definition) is 1. The lowest BCUT2D eigenvalue weighted by Crippen LogP contribution is -2.14. The first-order chi connectivity index (χ1) is 14.2. The molecular formula is C23H23FN4O. The molecule has 1 fully saturated rings. The number of benzene rings is 2. The third-order valence-corrected chi connectivity index (χ3v) is 5.92. The van der Waals surface area contributed by atoms with Crippen molar-refractivity contribution in [1.29, 1.82) is 0 Å². The fourth-order valence-corrected chi connectivity index (χ4v) is 4.23. The number of anilines is 1.